The molecule has 0 saturated carbocycles. The summed E-state index contributed by atoms with van der Waals surface area (Å²) in [6.07, 6.45) is 13.6. The smallest absolute Gasteiger partial charge is 0.251 e. The summed E-state index contributed by atoms with van der Waals surface area (Å²) in [6, 6.07) is 0. The molecule has 0 spiro atoms. The van der Waals surface area contributed by atoms with Crippen molar-refractivity contribution < 1.29 is 9.59 Å². The summed E-state index contributed by atoms with van der Waals surface area (Å²) >= 11 is 0. The molecule has 2 amide bonds. The summed E-state index contributed by atoms with van der Waals surface area (Å²) in [5, 5.41) is 2.87. The van der Waals surface area contributed by atoms with Crippen LogP contribution < -0.4 is 5.32 Å². The van der Waals surface area contributed by atoms with Gasteiger partial charge in [0.1, 0.15) is 0 Å². The van der Waals surface area contributed by atoms with Crippen LogP contribution in [0.1, 0.15) is 20.3 Å². The van der Waals surface area contributed by atoms with Crippen molar-refractivity contribution in [3.8, 4) is 0 Å². The highest BCUT2D eigenvalue weighted by molar-refractivity contribution is 5.96. The summed E-state index contributed by atoms with van der Waals surface area (Å²) in [6.45, 7) is 4.97. The molecule has 0 heterocycles. The van der Waals surface area contributed by atoms with Gasteiger partial charge >= 0.3 is 0 Å². The maximum Gasteiger partial charge on any atom is 0.251 e. The first-order valence-electron chi connectivity index (χ1n) is 7.27. The van der Waals surface area contributed by atoms with Gasteiger partial charge in [-0.2, -0.15) is 0 Å². The topological polar surface area (TPSA) is 49.4 Å². The molecule has 1 aliphatic carbocycles. The molecule has 0 aromatic rings. The Hall–Kier alpha value is -2.10. The van der Waals surface area contributed by atoms with Crippen molar-refractivity contribution in [2.45, 2.75) is 20.3 Å². The van der Waals surface area contributed by atoms with Crippen LogP contribution in [0.3, 0.4) is 0 Å². The Balaban J connectivity index is 2.32. The molecule has 1 N–H and O–H groups in total. The van der Waals surface area contributed by atoms with E-state index in [9.17, 15) is 9.59 Å². The van der Waals surface area contributed by atoms with Crippen molar-refractivity contribution in [2.24, 2.45) is 5.92 Å². The minimum Gasteiger partial charge on any atom is -0.352 e. The quantitative estimate of drug-likeness (QED) is 0.762. The van der Waals surface area contributed by atoms with Crippen LogP contribution in [0.15, 0.2) is 48.1 Å². The van der Waals surface area contributed by atoms with E-state index in [1.165, 1.54) is 0 Å². The number of hydrogen-bond donors (Lipinski definition) is 1. The number of hydrogen-bond acceptors (Lipinski definition) is 2. The molecule has 0 fully saturated rings. The van der Waals surface area contributed by atoms with Gasteiger partial charge in [-0.1, -0.05) is 44.2 Å². The lowest BCUT2D eigenvalue weighted by atomic mass is 10.1. The van der Waals surface area contributed by atoms with Crippen LogP contribution in [0.2, 0.25) is 0 Å². The van der Waals surface area contributed by atoms with E-state index >= 15 is 0 Å². The number of allylic oxidation sites excluding steroid dienone is 6. The van der Waals surface area contributed by atoms with Crippen LogP contribution in [0.5, 0.6) is 0 Å². The van der Waals surface area contributed by atoms with Gasteiger partial charge in [-0.25, -0.2) is 0 Å². The Morgan fingerprint density at radius 1 is 1.14 bits per heavy atom. The number of amides is 2. The van der Waals surface area contributed by atoms with Gasteiger partial charge in [0, 0.05) is 31.6 Å². The summed E-state index contributed by atoms with van der Waals surface area (Å²) < 4.78 is 0. The Bertz CT molecular complexity index is 485. The molecular formula is C17H24N2O2. The second kappa shape index (κ2) is 8.95. The molecule has 4 heteroatoms. The molecule has 0 bridgehead atoms. The van der Waals surface area contributed by atoms with E-state index in [1.54, 1.807) is 24.1 Å². The van der Waals surface area contributed by atoms with Gasteiger partial charge in [0.25, 0.3) is 5.91 Å². The highest BCUT2D eigenvalue weighted by atomic mass is 16.2. The van der Waals surface area contributed by atoms with E-state index in [4.69, 9.17) is 0 Å². The van der Waals surface area contributed by atoms with Crippen LogP contribution in [0.25, 0.3) is 0 Å². The van der Waals surface area contributed by atoms with Crippen molar-refractivity contribution in [2.75, 3.05) is 20.1 Å². The van der Waals surface area contributed by atoms with E-state index in [1.807, 2.05) is 44.2 Å². The molecule has 0 radical (unpaired) electrons. The molecule has 114 valence electrons. The molecule has 0 aromatic heterocycles. The van der Waals surface area contributed by atoms with Crippen molar-refractivity contribution in [3.05, 3.63) is 48.1 Å². The lowest BCUT2D eigenvalue weighted by molar-refractivity contribution is -0.133. The fourth-order valence-electron chi connectivity index (χ4n) is 1.89. The Morgan fingerprint density at radius 3 is 2.52 bits per heavy atom. The first-order chi connectivity index (χ1) is 10.0. The molecular weight excluding hydrogens is 264 g/mol. The monoisotopic (exact) mass is 288 g/mol. The molecule has 4 nitrogen and oxygen atoms in total. The van der Waals surface area contributed by atoms with Crippen LogP contribution in [-0.2, 0) is 9.59 Å². The van der Waals surface area contributed by atoms with E-state index < -0.39 is 0 Å². The minimum absolute atomic E-state index is 0.00893. The Kier molecular flexibility index (Phi) is 7.23. The van der Waals surface area contributed by atoms with E-state index in [0.29, 0.717) is 18.7 Å². The van der Waals surface area contributed by atoms with Crippen molar-refractivity contribution in [1.82, 2.24) is 10.2 Å². The fraction of sp³-hybridized carbons (Fsp3) is 0.412. The highest BCUT2D eigenvalue weighted by Crippen LogP contribution is 2.02. The lowest BCUT2D eigenvalue weighted by Crippen LogP contribution is -2.34. The van der Waals surface area contributed by atoms with Gasteiger partial charge < -0.3 is 10.2 Å². The van der Waals surface area contributed by atoms with Crippen LogP contribution in [-0.4, -0.2) is 36.9 Å². The van der Waals surface area contributed by atoms with Crippen LogP contribution in [0, 0.1) is 5.92 Å². The van der Waals surface area contributed by atoms with Crippen LogP contribution >= 0.6 is 0 Å². The summed E-state index contributed by atoms with van der Waals surface area (Å²) in [5.41, 5.74) is 0.627. The third-order valence-electron chi connectivity index (χ3n) is 3.08. The molecule has 0 saturated heterocycles. The Morgan fingerprint density at radius 2 is 1.81 bits per heavy atom. The van der Waals surface area contributed by atoms with Gasteiger partial charge in [-0.3, -0.25) is 9.59 Å². The van der Waals surface area contributed by atoms with Crippen molar-refractivity contribution in [3.63, 3.8) is 0 Å². The van der Waals surface area contributed by atoms with E-state index in [0.717, 1.165) is 6.42 Å². The average Bonchev–Trinajstić information content (AvgIpc) is 2.41. The SMILES string of the molecule is CC(C)C(=O)N(C)CCCNC(=O)C1=C/C=C\C=C/C=C\1. The predicted molar refractivity (Wildman–Crippen MR) is 85.6 cm³/mol. The van der Waals surface area contributed by atoms with Gasteiger partial charge in [-0.15, -0.1) is 0 Å². The van der Waals surface area contributed by atoms with Crippen molar-refractivity contribution in [1.29, 1.82) is 0 Å². The van der Waals surface area contributed by atoms with Crippen molar-refractivity contribution >= 4 is 11.8 Å². The van der Waals surface area contributed by atoms with Crippen LogP contribution in [0.4, 0.5) is 0 Å². The number of nitrogens with zero attached hydrogens (tertiary/aromatic N) is 1. The maximum absolute atomic E-state index is 12.0. The third kappa shape index (κ3) is 6.25. The van der Waals surface area contributed by atoms with Gasteiger partial charge in [0.05, 0.1) is 0 Å². The largest absolute Gasteiger partial charge is 0.352 e. The fourth-order valence-corrected chi connectivity index (χ4v) is 1.89. The number of nitrogens with one attached hydrogen (secondary N) is 1. The molecule has 0 aliphatic heterocycles. The number of rotatable bonds is 6. The molecule has 21 heavy (non-hydrogen) atoms. The third-order valence-corrected chi connectivity index (χ3v) is 3.08. The first-order valence-corrected chi connectivity index (χ1v) is 7.27. The second-order valence-electron chi connectivity index (χ2n) is 5.27. The highest BCUT2D eigenvalue weighted by Gasteiger charge is 2.12. The average molecular weight is 288 g/mol. The van der Waals surface area contributed by atoms with Gasteiger partial charge in [0.15, 0.2) is 0 Å². The minimum atomic E-state index is -0.0935. The van der Waals surface area contributed by atoms with Gasteiger partial charge in [-0.05, 0) is 18.6 Å². The zero-order chi connectivity index (χ0) is 15.7. The summed E-state index contributed by atoms with van der Waals surface area (Å²) in [5.74, 6) is 0.0441. The zero-order valence-electron chi connectivity index (χ0n) is 13.0. The number of carbonyl (C=O) groups excluding carboxylic acids is 2. The van der Waals surface area contributed by atoms with Gasteiger partial charge in [0.2, 0.25) is 5.91 Å². The van der Waals surface area contributed by atoms with E-state index in [-0.39, 0.29) is 17.7 Å². The summed E-state index contributed by atoms with van der Waals surface area (Å²) in [7, 11) is 1.79. The molecule has 0 atom stereocenters. The summed E-state index contributed by atoms with van der Waals surface area (Å²) in [4.78, 5) is 25.4. The first kappa shape index (κ1) is 17.0. The molecule has 1 rings (SSSR count). The normalized spacial score (nSPS) is 20.7. The maximum atomic E-state index is 12.0. The lowest BCUT2D eigenvalue weighted by Gasteiger charge is -2.19. The Labute approximate surface area is 126 Å². The second-order valence-corrected chi connectivity index (χ2v) is 5.27. The molecule has 1 aliphatic rings. The zero-order valence-corrected chi connectivity index (χ0v) is 13.0. The predicted octanol–water partition coefficient (Wildman–Crippen LogP) is 2.22. The van der Waals surface area contributed by atoms with E-state index in [2.05, 4.69) is 5.32 Å². The number of carbonyl (C=O) groups is 2. The molecule has 0 unspecified atom stereocenters. The molecule has 0 aromatic carbocycles. The standard InChI is InChI=1S/C17H24N2O2/c1-14(2)17(21)19(3)13-9-12-18-16(20)15-10-7-5-4-6-8-11-15/h4-8,10-11,14H,9,12-13H2,1-3H3,(H,18,20)/b5-4-,6-4?,7-5?,8-6-,10-7-,11-8?,15-10?,15-11+.